The quantitative estimate of drug-likeness (QED) is 0.369. The standard InChI is InChI=1S/C21H15Cl2N3O3S2/c22-14-5-9-16(10-6-14)24-20(27)13-30-21-25-18-3-1-2-4-19(18)26(21)31(28,29)17-11-7-15(23)8-12-17/h1-12H,13H2,(H,24,27). The van der Waals surface area contributed by atoms with Gasteiger partial charge in [-0.3, -0.25) is 4.79 Å². The van der Waals surface area contributed by atoms with Gasteiger partial charge in [0.25, 0.3) is 10.0 Å². The third-order valence-electron chi connectivity index (χ3n) is 4.30. The van der Waals surface area contributed by atoms with Crippen molar-refractivity contribution in [2.75, 3.05) is 11.1 Å². The maximum Gasteiger partial charge on any atom is 0.270 e. The van der Waals surface area contributed by atoms with Gasteiger partial charge in [-0.2, -0.15) is 0 Å². The van der Waals surface area contributed by atoms with E-state index in [1.807, 2.05) is 0 Å². The first-order chi connectivity index (χ1) is 14.8. The van der Waals surface area contributed by atoms with E-state index >= 15 is 0 Å². The first-order valence-electron chi connectivity index (χ1n) is 9.01. The van der Waals surface area contributed by atoms with Crippen LogP contribution < -0.4 is 5.32 Å². The summed E-state index contributed by atoms with van der Waals surface area (Å²) in [5.41, 5.74) is 1.54. The summed E-state index contributed by atoms with van der Waals surface area (Å²) < 4.78 is 27.9. The summed E-state index contributed by atoms with van der Waals surface area (Å²) in [5, 5.41) is 3.94. The number of aromatic nitrogens is 2. The van der Waals surface area contributed by atoms with Crippen molar-refractivity contribution >= 4 is 67.6 Å². The second-order valence-electron chi connectivity index (χ2n) is 6.45. The second kappa shape index (κ2) is 8.92. The van der Waals surface area contributed by atoms with Crippen LogP contribution in [0.4, 0.5) is 5.69 Å². The molecular weight excluding hydrogens is 477 g/mol. The van der Waals surface area contributed by atoms with Gasteiger partial charge in [0.1, 0.15) is 0 Å². The number of rotatable bonds is 6. The highest BCUT2D eigenvalue weighted by atomic mass is 35.5. The summed E-state index contributed by atoms with van der Waals surface area (Å²) in [5.74, 6) is -0.322. The molecule has 3 aromatic carbocycles. The van der Waals surface area contributed by atoms with E-state index in [9.17, 15) is 13.2 Å². The van der Waals surface area contributed by atoms with Gasteiger partial charge in [0.2, 0.25) is 5.91 Å². The number of amides is 1. The van der Waals surface area contributed by atoms with Crippen molar-refractivity contribution in [2.24, 2.45) is 0 Å². The van der Waals surface area contributed by atoms with Crippen LogP contribution >= 0.6 is 35.0 Å². The lowest BCUT2D eigenvalue weighted by Gasteiger charge is -2.10. The molecule has 0 saturated heterocycles. The van der Waals surface area contributed by atoms with Gasteiger partial charge in [0.05, 0.1) is 21.7 Å². The van der Waals surface area contributed by atoms with Crippen molar-refractivity contribution in [1.82, 2.24) is 8.96 Å². The molecule has 6 nitrogen and oxygen atoms in total. The number of benzene rings is 3. The smallest absolute Gasteiger partial charge is 0.270 e. The van der Waals surface area contributed by atoms with E-state index in [1.54, 1.807) is 48.5 Å². The minimum atomic E-state index is -3.95. The van der Waals surface area contributed by atoms with Crippen LogP contribution in [-0.2, 0) is 14.8 Å². The van der Waals surface area contributed by atoms with Crippen LogP contribution in [0.5, 0.6) is 0 Å². The number of hydrogen-bond acceptors (Lipinski definition) is 5. The Morgan fingerprint density at radius 2 is 1.55 bits per heavy atom. The zero-order chi connectivity index (χ0) is 22.0. The molecule has 1 heterocycles. The highest BCUT2D eigenvalue weighted by Gasteiger charge is 2.25. The van der Waals surface area contributed by atoms with Gasteiger partial charge in [-0.15, -0.1) is 0 Å². The van der Waals surface area contributed by atoms with E-state index in [1.165, 1.54) is 24.3 Å². The van der Waals surface area contributed by atoms with Gasteiger partial charge in [0, 0.05) is 15.7 Å². The fourth-order valence-electron chi connectivity index (χ4n) is 2.88. The Labute approximate surface area is 193 Å². The zero-order valence-corrected chi connectivity index (χ0v) is 19.0. The Hall–Kier alpha value is -2.52. The molecule has 0 radical (unpaired) electrons. The lowest BCUT2D eigenvalue weighted by molar-refractivity contribution is -0.113. The van der Waals surface area contributed by atoms with E-state index in [2.05, 4.69) is 10.3 Å². The number of anilines is 1. The maximum atomic E-state index is 13.4. The molecule has 0 fully saturated rings. The van der Waals surface area contributed by atoms with Crippen molar-refractivity contribution in [3.63, 3.8) is 0 Å². The van der Waals surface area contributed by atoms with Crippen LogP contribution in [0.1, 0.15) is 0 Å². The van der Waals surface area contributed by atoms with E-state index in [4.69, 9.17) is 23.2 Å². The van der Waals surface area contributed by atoms with Crippen LogP contribution in [0.25, 0.3) is 11.0 Å². The fraction of sp³-hybridized carbons (Fsp3) is 0.0476. The summed E-state index contributed by atoms with van der Waals surface area (Å²) in [6.45, 7) is 0. The topological polar surface area (TPSA) is 81.1 Å². The van der Waals surface area contributed by atoms with E-state index in [0.717, 1.165) is 15.7 Å². The van der Waals surface area contributed by atoms with E-state index in [-0.39, 0.29) is 21.7 Å². The molecule has 4 aromatic rings. The van der Waals surface area contributed by atoms with Crippen molar-refractivity contribution in [3.8, 4) is 0 Å². The summed E-state index contributed by atoms with van der Waals surface area (Å²) >= 11 is 12.8. The normalized spacial score (nSPS) is 11.5. The largest absolute Gasteiger partial charge is 0.325 e. The number of imidazole rings is 1. The van der Waals surface area contributed by atoms with Gasteiger partial charge in [-0.05, 0) is 60.7 Å². The Kier molecular flexibility index (Phi) is 6.24. The van der Waals surface area contributed by atoms with Crippen LogP contribution in [-0.4, -0.2) is 29.0 Å². The van der Waals surface area contributed by atoms with Crippen LogP contribution in [0.2, 0.25) is 10.0 Å². The predicted molar refractivity (Wildman–Crippen MR) is 125 cm³/mol. The molecule has 158 valence electrons. The number of carbonyl (C=O) groups excluding carboxylic acids is 1. The minimum absolute atomic E-state index is 0.0257. The monoisotopic (exact) mass is 491 g/mol. The second-order valence-corrected chi connectivity index (χ2v) is 10.1. The molecule has 0 saturated carbocycles. The molecule has 1 aromatic heterocycles. The number of halogens is 2. The first kappa shape index (κ1) is 21.7. The van der Waals surface area contributed by atoms with Crippen LogP contribution in [0, 0.1) is 0 Å². The third-order valence-corrected chi connectivity index (χ3v) is 7.58. The minimum Gasteiger partial charge on any atom is -0.325 e. The summed E-state index contributed by atoms with van der Waals surface area (Å²) in [7, 11) is -3.95. The predicted octanol–water partition coefficient (Wildman–Crippen LogP) is 5.31. The molecule has 1 amide bonds. The molecule has 0 aliphatic carbocycles. The highest BCUT2D eigenvalue weighted by molar-refractivity contribution is 8.00. The molecule has 0 aliphatic heterocycles. The number of thioether (sulfide) groups is 1. The average molecular weight is 492 g/mol. The maximum absolute atomic E-state index is 13.4. The molecule has 10 heteroatoms. The van der Waals surface area contributed by atoms with Gasteiger partial charge in [-0.1, -0.05) is 47.1 Å². The van der Waals surface area contributed by atoms with Crippen molar-refractivity contribution < 1.29 is 13.2 Å². The Morgan fingerprint density at radius 3 is 2.23 bits per heavy atom. The number of para-hydroxylation sites is 2. The summed E-state index contributed by atoms with van der Waals surface area (Å²) in [6.07, 6.45) is 0. The van der Waals surface area contributed by atoms with E-state index in [0.29, 0.717) is 26.8 Å². The van der Waals surface area contributed by atoms with Crippen molar-refractivity contribution in [1.29, 1.82) is 0 Å². The SMILES string of the molecule is O=C(CSc1nc2ccccc2n1S(=O)(=O)c1ccc(Cl)cc1)Nc1ccc(Cl)cc1. The number of carbonyl (C=O) groups is 1. The molecule has 4 rings (SSSR count). The van der Waals surface area contributed by atoms with E-state index < -0.39 is 10.0 Å². The molecule has 0 spiro atoms. The van der Waals surface area contributed by atoms with Crippen molar-refractivity contribution in [3.05, 3.63) is 82.8 Å². The van der Waals surface area contributed by atoms with Gasteiger partial charge >= 0.3 is 0 Å². The molecule has 0 unspecified atom stereocenters. The molecule has 0 atom stereocenters. The highest BCUT2D eigenvalue weighted by Crippen LogP contribution is 2.29. The Balaban J connectivity index is 1.64. The number of fused-ring (bicyclic) bond motifs is 1. The molecular formula is C21H15Cl2N3O3S2. The third kappa shape index (κ3) is 4.72. The van der Waals surface area contributed by atoms with Crippen LogP contribution in [0.3, 0.4) is 0 Å². The molecule has 31 heavy (non-hydrogen) atoms. The van der Waals surface area contributed by atoms with Gasteiger partial charge in [-0.25, -0.2) is 17.4 Å². The Bertz CT molecular complexity index is 1350. The first-order valence-corrected chi connectivity index (χ1v) is 12.2. The average Bonchev–Trinajstić information content (AvgIpc) is 3.13. The number of hydrogen-bond donors (Lipinski definition) is 1. The summed E-state index contributed by atoms with van der Waals surface area (Å²) in [6, 6.07) is 19.5. The molecule has 0 bridgehead atoms. The van der Waals surface area contributed by atoms with Crippen LogP contribution in [0.15, 0.2) is 82.8 Å². The fourth-order valence-corrected chi connectivity index (χ4v) is 5.64. The molecule has 1 N–H and O–H groups in total. The summed E-state index contributed by atoms with van der Waals surface area (Å²) in [4.78, 5) is 16.9. The van der Waals surface area contributed by atoms with Gasteiger partial charge < -0.3 is 5.32 Å². The van der Waals surface area contributed by atoms with Gasteiger partial charge in [0.15, 0.2) is 5.16 Å². The number of nitrogens with one attached hydrogen (secondary N) is 1. The number of nitrogens with zero attached hydrogens (tertiary/aromatic N) is 2. The molecule has 0 aliphatic rings. The lowest BCUT2D eigenvalue weighted by atomic mass is 10.3. The van der Waals surface area contributed by atoms with Crippen molar-refractivity contribution in [2.45, 2.75) is 10.1 Å². The lowest BCUT2D eigenvalue weighted by Crippen LogP contribution is -2.17. The Morgan fingerprint density at radius 1 is 0.935 bits per heavy atom. The zero-order valence-electron chi connectivity index (χ0n) is 15.8.